The minimum atomic E-state index is -3.68. The predicted octanol–water partition coefficient (Wildman–Crippen LogP) is 2.89. The molecule has 1 aliphatic rings. The van der Waals surface area contributed by atoms with Gasteiger partial charge in [-0.05, 0) is 36.1 Å². The largest absolute Gasteiger partial charge is 0.341 e. The van der Waals surface area contributed by atoms with E-state index in [1.54, 1.807) is 17.0 Å². The van der Waals surface area contributed by atoms with Crippen molar-refractivity contribution in [3.05, 3.63) is 65.7 Å². The number of nitrogens with zero attached hydrogens (tertiary/aromatic N) is 1. The molecule has 1 atom stereocenters. The van der Waals surface area contributed by atoms with Crippen LogP contribution in [0.1, 0.15) is 36.9 Å². The molecule has 5 nitrogen and oxygen atoms in total. The van der Waals surface area contributed by atoms with Gasteiger partial charge in [-0.1, -0.05) is 49.4 Å². The first-order valence-corrected chi connectivity index (χ1v) is 10.4. The van der Waals surface area contributed by atoms with Crippen LogP contribution in [-0.2, 0) is 21.2 Å². The van der Waals surface area contributed by atoms with E-state index in [1.165, 1.54) is 0 Å². The second-order valence-corrected chi connectivity index (χ2v) is 8.24. The quantitative estimate of drug-likeness (QED) is 0.813. The second kappa shape index (κ2) is 8.01. The average molecular weight is 372 g/mol. The summed E-state index contributed by atoms with van der Waals surface area (Å²) in [7, 11) is -3.68. The van der Waals surface area contributed by atoms with Crippen LogP contribution in [-0.4, -0.2) is 32.3 Å². The van der Waals surface area contributed by atoms with Crippen molar-refractivity contribution in [1.82, 2.24) is 9.62 Å². The Morgan fingerprint density at radius 3 is 2.35 bits per heavy atom. The first kappa shape index (κ1) is 18.6. The molecule has 26 heavy (non-hydrogen) atoms. The third-order valence-electron chi connectivity index (χ3n) is 4.72. The van der Waals surface area contributed by atoms with E-state index in [4.69, 9.17) is 0 Å². The highest BCUT2D eigenvalue weighted by Gasteiger charge is 2.27. The van der Waals surface area contributed by atoms with E-state index in [9.17, 15) is 13.2 Å². The van der Waals surface area contributed by atoms with Crippen LogP contribution in [0.15, 0.2) is 59.5 Å². The van der Waals surface area contributed by atoms with Gasteiger partial charge in [0.1, 0.15) is 0 Å². The maximum atomic E-state index is 12.9. The van der Waals surface area contributed by atoms with Gasteiger partial charge in [0.05, 0.1) is 10.9 Å². The van der Waals surface area contributed by atoms with Crippen molar-refractivity contribution in [3.63, 3.8) is 0 Å². The Morgan fingerprint density at radius 2 is 1.77 bits per heavy atom. The lowest BCUT2D eigenvalue weighted by molar-refractivity contribution is -0.127. The van der Waals surface area contributed by atoms with Crippen LogP contribution in [0.4, 0.5) is 0 Å². The van der Waals surface area contributed by atoms with E-state index in [0.717, 1.165) is 24.0 Å². The van der Waals surface area contributed by atoms with E-state index in [0.29, 0.717) is 19.5 Å². The summed E-state index contributed by atoms with van der Waals surface area (Å²) in [6, 6.07) is 15.8. The van der Waals surface area contributed by atoms with Gasteiger partial charge < -0.3 is 4.90 Å². The monoisotopic (exact) mass is 372 g/mol. The molecule has 2 aromatic carbocycles. The van der Waals surface area contributed by atoms with Crippen LogP contribution in [0, 0.1) is 0 Å². The fourth-order valence-electron chi connectivity index (χ4n) is 3.17. The molecule has 3 rings (SSSR count). The van der Waals surface area contributed by atoms with Crippen LogP contribution in [0.3, 0.4) is 0 Å². The van der Waals surface area contributed by atoms with Crippen molar-refractivity contribution in [1.29, 1.82) is 0 Å². The molecular formula is C20H24N2O3S. The van der Waals surface area contributed by atoms with E-state index in [2.05, 4.69) is 4.72 Å². The van der Waals surface area contributed by atoms with E-state index < -0.39 is 16.1 Å². The predicted molar refractivity (Wildman–Crippen MR) is 101 cm³/mol. The van der Waals surface area contributed by atoms with Crippen molar-refractivity contribution in [2.45, 2.75) is 37.1 Å². The number of benzene rings is 2. The SMILES string of the molecule is CCc1ccc(S(=O)(=O)NC(CN2CCCC2=O)c2ccccc2)cc1. The maximum absolute atomic E-state index is 12.9. The second-order valence-electron chi connectivity index (χ2n) is 6.53. The van der Waals surface area contributed by atoms with Crippen molar-refractivity contribution >= 4 is 15.9 Å². The Bertz CT molecular complexity index is 848. The minimum absolute atomic E-state index is 0.0810. The molecule has 1 aliphatic heterocycles. The van der Waals surface area contributed by atoms with Crippen molar-refractivity contribution in [3.8, 4) is 0 Å². The van der Waals surface area contributed by atoms with Gasteiger partial charge in [-0.25, -0.2) is 13.1 Å². The Labute approximate surface area is 155 Å². The number of amides is 1. The zero-order valence-corrected chi connectivity index (χ0v) is 15.7. The molecule has 1 amide bonds. The number of carbonyl (C=O) groups is 1. The lowest BCUT2D eigenvalue weighted by Crippen LogP contribution is -2.38. The van der Waals surface area contributed by atoms with Crippen LogP contribution in [0.5, 0.6) is 0 Å². The molecule has 1 N–H and O–H groups in total. The molecule has 0 spiro atoms. The number of hydrogen-bond donors (Lipinski definition) is 1. The Kier molecular flexibility index (Phi) is 5.74. The molecule has 1 heterocycles. The number of likely N-dealkylation sites (tertiary alicyclic amines) is 1. The smallest absolute Gasteiger partial charge is 0.241 e. The molecule has 0 aliphatic carbocycles. The highest BCUT2D eigenvalue weighted by molar-refractivity contribution is 7.89. The maximum Gasteiger partial charge on any atom is 0.241 e. The van der Waals surface area contributed by atoms with Crippen LogP contribution in [0.2, 0.25) is 0 Å². The van der Waals surface area contributed by atoms with Gasteiger partial charge in [-0.2, -0.15) is 0 Å². The lowest BCUT2D eigenvalue weighted by atomic mass is 10.1. The number of carbonyl (C=O) groups excluding carboxylic acids is 1. The minimum Gasteiger partial charge on any atom is -0.341 e. The topological polar surface area (TPSA) is 66.5 Å². The first-order valence-electron chi connectivity index (χ1n) is 8.93. The summed E-state index contributed by atoms with van der Waals surface area (Å²) in [5, 5.41) is 0. The molecule has 0 saturated carbocycles. The zero-order valence-electron chi connectivity index (χ0n) is 14.9. The number of sulfonamides is 1. The van der Waals surface area contributed by atoms with Crippen LogP contribution >= 0.6 is 0 Å². The molecule has 0 radical (unpaired) electrons. The normalized spacial score (nSPS) is 16.0. The summed E-state index contributed by atoms with van der Waals surface area (Å²) >= 11 is 0. The van der Waals surface area contributed by atoms with Crippen molar-refractivity contribution in [2.75, 3.05) is 13.1 Å². The number of hydrogen-bond acceptors (Lipinski definition) is 3. The molecule has 2 aromatic rings. The summed E-state index contributed by atoms with van der Waals surface area (Å²) in [4.78, 5) is 14.0. The van der Waals surface area contributed by atoms with Gasteiger partial charge in [0.25, 0.3) is 0 Å². The summed E-state index contributed by atoms with van der Waals surface area (Å²) in [6.45, 7) is 3.05. The number of rotatable bonds is 7. The fourth-order valence-corrected chi connectivity index (χ4v) is 4.39. The summed E-state index contributed by atoms with van der Waals surface area (Å²) in [5.41, 5.74) is 1.94. The Hall–Kier alpha value is -2.18. The standard InChI is InChI=1S/C20H24N2O3S/c1-2-16-10-12-18(13-11-16)26(24,25)21-19(17-7-4-3-5-8-17)15-22-14-6-9-20(22)23/h3-5,7-8,10-13,19,21H,2,6,9,14-15H2,1H3. The van der Waals surface area contributed by atoms with Crippen molar-refractivity contribution < 1.29 is 13.2 Å². The fraction of sp³-hybridized carbons (Fsp3) is 0.350. The molecule has 1 fully saturated rings. The van der Waals surface area contributed by atoms with Gasteiger partial charge in [-0.15, -0.1) is 0 Å². The number of aryl methyl sites for hydroxylation is 1. The summed E-state index contributed by atoms with van der Waals surface area (Å²) in [5.74, 6) is 0.0810. The highest BCUT2D eigenvalue weighted by atomic mass is 32.2. The lowest BCUT2D eigenvalue weighted by Gasteiger charge is -2.25. The summed E-state index contributed by atoms with van der Waals surface area (Å²) < 4.78 is 28.5. The van der Waals surface area contributed by atoms with Gasteiger partial charge in [0.15, 0.2) is 0 Å². The highest BCUT2D eigenvalue weighted by Crippen LogP contribution is 2.21. The van der Waals surface area contributed by atoms with E-state index in [1.807, 2.05) is 49.4 Å². The Balaban J connectivity index is 1.85. The van der Waals surface area contributed by atoms with Gasteiger partial charge in [0.2, 0.25) is 15.9 Å². The molecular weight excluding hydrogens is 348 g/mol. The van der Waals surface area contributed by atoms with Crippen LogP contribution in [0.25, 0.3) is 0 Å². The van der Waals surface area contributed by atoms with Crippen LogP contribution < -0.4 is 4.72 Å². The zero-order chi connectivity index (χ0) is 18.6. The van der Waals surface area contributed by atoms with Gasteiger partial charge >= 0.3 is 0 Å². The number of nitrogens with one attached hydrogen (secondary N) is 1. The van der Waals surface area contributed by atoms with E-state index >= 15 is 0 Å². The molecule has 6 heteroatoms. The first-order chi connectivity index (χ1) is 12.5. The molecule has 0 bridgehead atoms. The molecule has 0 aromatic heterocycles. The van der Waals surface area contributed by atoms with E-state index in [-0.39, 0.29) is 10.8 Å². The van der Waals surface area contributed by atoms with Gasteiger partial charge in [0, 0.05) is 19.5 Å². The third kappa shape index (κ3) is 4.31. The third-order valence-corrected chi connectivity index (χ3v) is 6.20. The molecule has 1 unspecified atom stereocenters. The van der Waals surface area contributed by atoms with Gasteiger partial charge in [-0.3, -0.25) is 4.79 Å². The average Bonchev–Trinajstić information content (AvgIpc) is 3.06. The molecule has 1 saturated heterocycles. The Morgan fingerprint density at radius 1 is 1.08 bits per heavy atom. The van der Waals surface area contributed by atoms with Crippen molar-refractivity contribution in [2.24, 2.45) is 0 Å². The molecule has 138 valence electrons. The summed E-state index contributed by atoms with van der Waals surface area (Å²) in [6.07, 6.45) is 2.22.